The molecule has 96 valence electrons. The summed E-state index contributed by atoms with van der Waals surface area (Å²) in [4.78, 5) is 5.46. The molecule has 0 aliphatic rings. The molecule has 0 saturated carbocycles. The topological polar surface area (TPSA) is 38.9 Å². The molecule has 0 unspecified atom stereocenters. The van der Waals surface area contributed by atoms with E-state index in [1.807, 2.05) is 13.8 Å². The Balaban J connectivity index is 2.47. The van der Waals surface area contributed by atoms with Gasteiger partial charge in [0, 0.05) is 17.0 Å². The van der Waals surface area contributed by atoms with E-state index >= 15 is 0 Å². The van der Waals surface area contributed by atoms with E-state index in [9.17, 15) is 8.78 Å². The highest BCUT2D eigenvalue weighted by molar-refractivity contribution is 7.15. The zero-order valence-electron chi connectivity index (χ0n) is 10.2. The number of halogens is 2. The molecule has 5 heteroatoms. The molecule has 0 bridgehead atoms. The van der Waals surface area contributed by atoms with Gasteiger partial charge in [0.05, 0.1) is 5.69 Å². The minimum atomic E-state index is -0.858. The molecule has 2 rings (SSSR count). The van der Waals surface area contributed by atoms with Crippen LogP contribution in [0.15, 0.2) is 18.2 Å². The highest BCUT2D eigenvalue weighted by atomic mass is 32.1. The van der Waals surface area contributed by atoms with Crippen LogP contribution in [0, 0.1) is 11.6 Å². The molecule has 0 amide bonds. The van der Waals surface area contributed by atoms with E-state index in [1.54, 1.807) is 0 Å². The molecule has 2 aromatic rings. The van der Waals surface area contributed by atoms with Crippen molar-refractivity contribution in [2.45, 2.75) is 26.3 Å². The van der Waals surface area contributed by atoms with Crippen LogP contribution in [-0.4, -0.2) is 4.98 Å². The Morgan fingerprint density at radius 1 is 1.28 bits per heavy atom. The van der Waals surface area contributed by atoms with Crippen molar-refractivity contribution in [1.82, 2.24) is 4.98 Å². The molecule has 0 saturated heterocycles. The highest BCUT2D eigenvalue weighted by Gasteiger charge is 2.15. The molecule has 1 aromatic carbocycles. The monoisotopic (exact) mass is 268 g/mol. The third kappa shape index (κ3) is 2.42. The SMILES string of the molecule is CC(C)c1nc(-c2ccc(F)c(F)c2)sc1CN. The van der Waals surface area contributed by atoms with E-state index in [0.29, 0.717) is 17.1 Å². The summed E-state index contributed by atoms with van der Waals surface area (Å²) in [7, 11) is 0. The lowest BCUT2D eigenvalue weighted by atomic mass is 10.1. The van der Waals surface area contributed by atoms with Crippen LogP contribution in [-0.2, 0) is 6.54 Å². The van der Waals surface area contributed by atoms with Crippen LogP contribution in [0.1, 0.15) is 30.3 Å². The molecule has 0 fully saturated rings. The molecule has 1 aromatic heterocycles. The number of hydrogen-bond donors (Lipinski definition) is 1. The largest absolute Gasteiger partial charge is 0.326 e. The van der Waals surface area contributed by atoms with E-state index in [1.165, 1.54) is 23.5 Å². The van der Waals surface area contributed by atoms with Crippen molar-refractivity contribution in [2.24, 2.45) is 5.73 Å². The molecule has 2 N–H and O–H groups in total. The third-order valence-electron chi connectivity index (χ3n) is 2.63. The Morgan fingerprint density at radius 2 is 2.00 bits per heavy atom. The average Bonchev–Trinajstić information content (AvgIpc) is 2.77. The van der Waals surface area contributed by atoms with Crippen LogP contribution < -0.4 is 5.73 Å². The second-order valence-electron chi connectivity index (χ2n) is 4.32. The molecular formula is C13H14F2N2S. The Bertz CT molecular complexity index is 564. The molecule has 0 radical (unpaired) electrons. The van der Waals surface area contributed by atoms with Crippen LogP contribution in [0.4, 0.5) is 8.78 Å². The van der Waals surface area contributed by atoms with E-state index in [-0.39, 0.29) is 5.92 Å². The summed E-state index contributed by atoms with van der Waals surface area (Å²) in [5, 5.41) is 0.679. The quantitative estimate of drug-likeness (QED) is 0.922. The van der Waals surface area contributed by atoms with Gasteiger partial charge in [-0.1, -0.05) is 13.8 Å². The number of rotatable bonds is 3. The molecule has 2 nitrogen and oxygen atoms in total. The number of thiazole rings is 1. The summed E-state index contributed by atoms with van der Waals surface area (Å²) < 4.78 is 26.1. The van der Waals surface area contributed by atoms with Crippen LogP contribution in [0.3, 0.4) is 0 Å². The first-order valence-corrected chi connectivity index (χ1v) is 6.49. The fraction of sp³-hybridized carbons (Fsp3) is 0.308. The summed E-state index contributed by atoms with van der Waals surface area (Å²) in [6.07, 6.45) is 0. The predicted octanol–water partition coefficient (Wildman–Crippen LogP) is 3.67. The first kappa shape index (κ1) is 13.1. The van der Waals surface area contributed by atoms with Gasteiger partial charge >= 0.3 is 0 Å². The van der Waals surface area contributed by atoms with Crippen molar-refractivity contribution >= 4 is 11.3 Å². The van der Waals surface area contributed by atoms with Gasteiger partial charge in [0.2, 0.25) is 0 Å². The normalized spacial score (nSPS) is 11.2. The highest BCUT2D eigenvalue weighted by Crippen LogP contribution is 2.32. The first-order valence-electron chi connectivity index (χ1n) is 5.68. The van der Waals surface area contributed by atoms with Crippen molar-refractivity contribution in [3.05, 3.63) is 40.4 Å². The Hall–Kier alpha value is -1.33. The molecule has 0 spiro atoms. The Labute approximate surface area is 108 Å². The van der Waals surface area contributed by atoms with Gasteiger partial charge in [-0.15, -0.1) is 11.3 Å². The standard InChI is InChI=1S/C13H14F2N2S/c1-7(2)12-11(6-16)18-13(17-12)8-3-4-9(14)10(15)5-8/h3-5,7H,6,16H2,1-2H3. The maximum Gasteiger partial charge on any atom is 0.159 e. The third-order valence-corrected chi connectivity index (χ3v) is 3.77. The summed E-state index contributed by atoms with van der Waals surface area (Å²) in [6.45, 7) is 4.47. The average molecular weight is 268 g/mol. The second-order valence-corrected chi connectivity index (χ2v) is 5.40. The molecule has 0 aliphatic heterocycles. The summed E-state index contributed by atoms with van der Waals surface area (Å²) in [5.74, 6) is -1.44. The van der Waals surface area contributed by atoms with Crippen molar-refractivity contribution < 1.29 is 8.78 Å². The van der Waals surface area contributed by atoms with Crippen molar-refractivity contribution in [3.63, 3.8) is 0 Å². The van der Waals surface area contributed by atoms with Gasteiger partial charge in [-0.05, 0) is 24.1 Å². The molecule has 18 heavy (non-hydrogen) atoms. The molecule has 0 atom stereocenters. The Kier molecular flexibility index (Phi) is 3.73. The number of benzene rings is 1. The molecule has 1 heterocycles. The summed E-state index contributed by atoms with van der Waals surface area (Å²) in [6, 6.07) is 3.81. The van der Waals surface area contributed by atoms with Crippen LogP contribution >= 0.6 is 11.3 Å². The van der Waals surface area contributed by atoms with Gasteiger partial charge in [-0.2, -0.15) is 0 Å². The maximum atomic E-state index is 13.2. The van der Waals surface area contributed by atoms with Crippen LogP contribution in [0.25, 0.3) is 10.6 Å². The smallest absolute Gasteiger partial charge is 0.159 e. The number of aromatic nitrogens is 1. The Morgan fingerprint density at radius 3 is 2.50 bits per heavy atom. The minimum absolute atomic E-state index is 0.263. The fourth-order valence-electron chi connectivity index (χ4n) is 1.71. The first-order chi connectivity index (χ1) is 8.52. The lowest BCUT2D eigenvalue weighted by Gasteiger charge is -2.01. The van der Waals surface area contributed by atoms with Gasteiger partial charge in [-0.3, -0.25) is 0 Å². The van der Waals surface area contributed by atoms with Crippen LogP contribution in [0.5, 0.6) is 0 Å². The van der Waals surface area contributed by atoms with E-state index in [0.717, 1.165) is 16.6 Å². The van der Waals surface area contributed by atoms with Gasteiger partial charge in [-0.25, -0.2) is 13.8 Å². The maximum absolute atomic E-state index is 13.2. The minimum Gasteiger partial charge on any atom is -0.326 e. The summed E-state index contributed by atoms with van der Waals surface area (Å²) >= 11 is 1.43. The van der Waals surface area contributed by atoms with E-state index in [2.05, 4.69) is 4.98 Å². The van der Waals surface area contributed by atoms with E-state index in [4.69, 9.17) is 5.73 Å². The fourth-order valence-corrected chi connectivity index (χ4v) is 2.80. The van der Waals surface area contributed by atoms with Crippen molar-refractivity contribution in [3.8, 4) is 10.6 Å². The van der Waals surface area contributed by atoms with E-state index < -0.39 is 11.6 Å². The number of hydrogen-bond acceptors (Lipinski definition) is 3. The van der Waals surface area contributed by atoms with Crippen molar-refractivity contribution in [1.29, 1.82) is 0 Å². The second kappa shape index (κ2) is 5.12. The van der Waals surface area contributed by atoms with Gasteiger partial charge < -0.3 is 5.73 Å². The lowest BCUT2D eigenvalue weighted by Crippen LogP contribution is -1.99. The lowest BCUT2D eigenvalue weighted by molar-refractivity contribution is 0.509. The predicted molar refractivity (Wildman–Crippen MR) is 69.4 cm³/mol. The molecule has 0 aliphatic carbocycles. The molecular weight excluding hydrogens is 254 g/mol. The van der Waals surface area contributed by atoms with Crippen molar-refractivity contribution in [2.75, 3.05) is 0 Å². The summed E-state index contributed by atoms with van der Waals surface area (Å²) in [5.41, 5.74) is 7.19. The van der Waals surface area contributed by atoms with Gasteiger partial charge in [0.1, 0.15) is 5.01 Å². The zero-order chi connectivity index (χ0) is 13.3. The number of nitrogens with zero attached hydrogens (tertiary/aromatic N) is 1. The van der Waals surface area contributed by atoms with Gasteiger partial charge in [0.25, 0.3) is 0 Å². The van der Waals surface area contributed by atoms with Crippen LogP contribution in [0.2, 0.25) is 0 Å². The zero-order valence-corrected chi connectivity index (χ0v) is 11.0. The number of nitrogens with two attached hydrogens (primary N) is 1. The van der Waals surface area contributed by atoms with Gasteiger partial charge in [0.15, 0.2) is 11.6 Å².